The van der Waals surface area contributed by atoms with Crippen LogP contribution in [0.15, 0.2) is 46.0 Å². The zero-order valence-corrected chi connectivity index (χ0v) is 15.3. The lowest BCUT2D eigenvalue weighted by atomic mass is 10.1. The molecule has 0 saturated heterocycles. The zero-order chi connectivity index (χ0) is 16.4. The minimum absolute atomic E-state index is 0.282. The van der Waals surface area contributed by atoms with E-state index in [1.54, 1.807) is 17.5 Å². The van der Waals surface area contributed by atoms with Crippen molar-refractivity contribution >= 4 is 49.4 Å². The van der Waals surface area contributed by atoms with E-state index < -0.39 is 10.0 Å². The van der Waals surface area contributed by atoms with Gasteiger partial charge in [0, 0.05) is 16.3 Å². The molecule has 8 heteroatoms. The normalized spacial score (nSPS) is 11.6. The monoisotopic (exact) mass is 384 g/mol. The van der Waals surface area contributed by atoms with Gasteiger partial charge in [-0.2, -0.15) is 0 Å². The Labute approximate surface area is 147 Å². The zero-order valence-electron chi connectivity index (χ0n) is 12.1. The van der Waals surface area contributed by atoms with Crippen LogP contribution in [0.25, 0.3) is 0 Å². The highest BCUT2D eigenvalue weighted by atomic mass is 35.5. The molecule has 1 aromatic carbocycles. The average Bonchev–Trinajstić information content (AvgIpc) is 3.12. The van der Waals surface area contributed by atoms with Crippen molar-refractivity contribution in [3.8, 4) is 0 Å². The molecule has 0 fully saturated rings. The maximum Gasteiger partial charge on any atom is 0.273 e. The SMILES string of the molecule is Cc1nc(NS(=O)(=O)c2cccs2)sc1Cc1ccc(Cl)cc1. The van der Waals surface area contributed by atoms with Gasteiger partial charge in [-0.25, -0.2) is 13.4 Å². The number of benzene rings is 1. The Balaban J connectivity index is 1.80. The predicted octanol–water partition coefficient (Wildman–Crippen LogP) is 4.56. The number of hydrogen-bond acceptors (Lipinski definition) is 5. The van der Waals surface area contributed by atoms with Gasteiger partial charge in [-0.3, -0.25) is 4.72 Å². The first-order chi connectivity index (χ1) is 10.9. The molecular weight excluding hydrogens is 372 g/mol. The lowest BCUT2D eigenvalue weighted by Gasteiger charge is -2.01. The van der Waals surface area contributed by atoms with E-state index in [1.807, 2.05) is 31.2 Å². The van der Waals surface area contributed by atoms with E-state index in [1.165, 1.54) is 22.7 Å². The molecule has 3 aromatic rings. The molecule has 120 valence electrons. The maximum atomic E-state index is 12.2. The number of aromatic nitrogens is 1. The molecule has 0 aliphatic heterocycles. The van der Waals surface area contributed by atoms with Crippen LogP contribution >= 0.6 is 34.3 Å². The van der Waals surface area contributed by atoms with Gasteiger partial charge in [-0.05, 0) is 36.1 Å². The summed E-state index contributed by atoms with van der Waals surface area (Å²) in [5, 5.41) is 2.81. The van der Waals surface area contributed by atoms with Gasteiger partial charge >= 0.3 is 0 Å². The van der Waals surface area contributed by atoms with Crippen LogP contribution in [0.5, 0.6) is 0 Å². The molecule has 2 heterocycles. The molecule has 0 radical (unpaired) electrons. The van der Waals surface area contributed by atoms with E-state index in [2.05, 4.69) is 9.71 Å². The van der Waals surface area contributed by atoms with Gasteiger partial charge in [-0.15, -0.1) is 22.7 Å². The minimum Gasteiger partial charge on any atom is -0.254 e. The van der Waals surface area contributed by atoms with Crippen LogP contribution in [0.2, 0.25) is 5.02 Å². The first-order valence-corrected chi connectivity index (χ1v) is 10.3. The average molecular weight is 385 g/mol. The van der Waals surface area contributed by atoms with E-state index in [0.717, 1.165) is 16.1 Å². The second-order valence-corrected chi connectivity index (χ2v) is 9.25. The molecule has 0 aliphatic rings. The molecule has 0 unspecified atom stereocenters. The van der Waals surface area contributed by atoms with E-state index >= 15 is 0 Å². The summed E-state index contributed by atoms with van der Waals surface area (Å²) < 4.78 is 27.3. The molecule has 3 rings (SSSR count). The quantitative estimate of drug-likeness (QED) is 0.701. The Morgan fingerprint density at radius 1 is 1.22 bits per heavy atom. The fourth-order valence-corrected chi connectivity index (χ4v) is 5.36. The van der Waals surface area contributed by atoms with Crippen molar-refractivity contribution in [1.82, 2.24) is 4.98 Å². The molecule has 4 nitrogen and oxygen atoms in total. The standard InChI is InChI=1S/C15H13ClN2O2S3/c1-10-13(9-11-4-6-12(16)7-5-11)22-15(17-10)18-23(19,20)14-3-2-8-21-14/h2-8H,9H2,1H3,(H,17,18). The van der Waals surface area contributed by atoms with Gasteiger partial charge in [0.1, 0.15) is 4.21 Å². The number of anilines is 1. The topological polar surface area (TPSA) is 59.1 Å². The van der Waals surface area contributed by atoms with Gasteiger partial charge in [0.25, 0.3) is 10.0 Å². The number of hydrogen-bond donors (Lipinski definition) is 1. The van der Waals surface area contributed by atoms with Crippen molar-refractivity contribution in [2.24, 2.45) is 0 Å². The summed E-state index contributed by atoms with van der Waals surface area (Å²) in [6.07, 6.45) is 0.696. The first-order valence-electron chi connectivity index (χ1n) is 6.71. The van der Waals surface area contributed by atoms with Crippen LogP contribution in [0.3, 0.4) is 0 Å². The van der Waals surface area contributed by atoms with Gasteiger partial charge in [0.05, 0.1) is 5.69 Å². The second kappa shape index (κ2) is 6.60. The molecule has 2 aromatic heterocycles. The molecule has 23 heavy (non-hydrogen) atoms. The highest BCUT2D eigenvalue weighted by molar-refractivity contribution is 7.94. The molecule has 1 N–H and O–H groups in total. The number of halogens is 1. The number of thiazole rings is 1. The molecular formula is C15H13ClN2O2S3. The summed E-state index contributed by atoms with van der Waals surface area (Å²) in [6, 6.07) is 10.9. The van der Waals surface area contributed by atoms with Crippen molar-refractivity contribution < 1.29 is 8.42 Å². The van der Waals surface area contributed by atoms with Crippen LogP contribution < -0.4 is 4.72 Å². The van der Waals surface area contributed by atoms with Crippen molar-refractivity contribution in [3.05, 3.63) is 62.9 Å². The lowest BCUT2D eigenvalue weighted by molar-refractivity contribution is 0.603. The van der Waals surface area contributed by atoms with Gasteiger partial charge in [-0.1, -0.05) is 29.8 Å². The third kappa shape index (κ3) is 3.92. The number of sulfonamides is 1. The highest BCUT2D eigenvalue weighted by Gasteiger charge is 2.18. The van der Waals surface area contributed by atoms with E-state index in [0.29, 0.717) is 16.6 Å². The third-order valence-corrected chi connectivity index (χ3v) is 7.34. The van der Waals surface area contributed by atoms with Crippen LogP contribution in [-0.4, -0.2) is 13.4 Å². The number of nitrogens with zero attached hydrogens (tertiary/aromatic N) is 1. The summed E-state index contributed by atoms with van der Waals surface area (Å²) in [5.41, 5.74) is 1.93. The van der Waals surface area contributed by atoms with Crippen LogP contribution in [-0.2, 0) is 16.4 Å². The third-order valence-electron chi connectivity index (χ3n) is 3.15. The Morgan fingerprint density at radius 2 is 1.96 bits per heavy atom. The van der Waals surface area contributed by atoms with E-state index in [-0.39, 0.29) is 4.21 Å². The Morgan fingerprint density at radius 3 is 2.61 bits per heavy atom. The summed E-state index contributed by atoms with van der Waals surface area (Å²) >= 11 is 8.42. The fourth-order valence-electron chi connectivity index (χ4n) is 2.00. The van der Waals surface area contributed by atoms with Crippen LogP contribution in [0.4, 0.5) is 5.13 Å². The number of nitrogens with one attached hydrogen (secondary N) is 1. The van der Waals surface area contributed by atoms with Crippen molar-refractivity contribution in [2.45, 2.75) is 17.6 Å². The van der Waals surface area contributed by atoms with Crippen molar-refractivity contribution in [2.75, 3.05) is 4.72 Å². The molecule has 0 atom stereocenters. The smallest absolute Gasteiger partial charge is 0.254 e. The van der Waals surface area contributed by atoms with Crippen LogP contribution in [0, 0.1) is 6.92 Å². The Bertz CT molecular complexity index is 901. The predicted molar refractivity (Wildman–Crippen MR) is 96.2 cm³/mol. The van der Waals surface area contributed by atoms with Crippen molar-refractivity contribution in [1.29, 1.82) is 0 Å². The van der Waals surface area contributed by atoms with Gasteiger partial charge < -0.3 is 0 Å². The molecule has 0 saturated carbocycles. The number of thiophene rings is 1. The molecule has 0 bridgehead atoms. The Kier molecular flexibility index (Phi) is 4.72. The summed E-state index contributed by atoms with van der Waals surface area (Å²) in [5.74, 6) is 0. The summed E-state index contributed by atoms with van der Waals surface area (Å²) in [6.45, 7) is 1.88. The van der Waals surface area contributed by atoms with E-state index in [9.17, 15) is 8.42 Å². The maximum absolute atomic E-state index is 12.2. The fraction of sp³-hybridized carbons (Fsp3) is 0.133. The first kappa shape index (κ1) is 16.4. The number of aryl methyl sites for hydroxylation is 1. The number of rotatable bonds is 5. The molecule has 0 aliphatic carbocycles. The summed E-state index contributed by atoms with van der Waals surface area (Å²) in [7, 11) is -3.55. The largest absolute Gasteiger partial charge is 0.273 e. The lowest BCUT2D eigenvalue weighted by Crippen LogP contribution is -2.11. The van der Waals surface area contributed by atoms with Gasteiger partial charge in [0.15, 0.2) is 5.13 Å². The van der Waals surface area contributed by atoms with Gasteiger partial charge in [0.2, 0.25) is 0 Å². The van der Waals surface area contributed by atoms with Crippen LogP contribution in [0.1, 0.15) is 16.1 Å². The second-order valence-electron chi connectivity index (χ2n) is 4.87. The molecule has 0 amide bonds. The molecule has 0 spiro atoms. The van der Waals surface area contributed by atoms with E-state index in [4.69, 9.17) is 11.6 Å². The highest BCUT2D eigenvalue weighted by Crippen LogP contribution is 2.28. The van der Waals surface area contributed by atoms with Crippen molar-refractivity contribution in [3.63, 3.8) is 0 Å². The summed E-state index contributed by atoms with van der Waals surface area (Å²) in [4.78, 5) is 5.35. The Hall–Kier alpha value is -1.41. The minimum atomic E-state index is -3.55.